The second kappa shape index (κ2) is 9.04. The van der Waals surface area contributed by atoms with Gasteiger partial charge < -0.3 is 4.74 Å². The molecule has 0 bridgehead atoms. The maximum atomic E-state index is 12.4. The predicted octanol–water partition coefficient (Wildman–Crippen LogP) is 3.66. The molecule has 1 N–H and O–H groups in total. The molecule has 0 saturated carbocycles. The molecule has 0 spiro atoms. The average molecular weight is 454 g/mol. The Morgan fingerprint density at radius 1 is 1.03 bits per heavy atom. The number of nitrogens with one attached hydrogen (secondary N) is 1. The largest absolute Gasteiger partial charge is 0.459 e. The summed E-state index contributed by atoms with van der Waals surface area (Å²) in [6, 6.07) is 11.8. The van der Waals surface area contributed by atoms with Gasteiger partial charge in [0.1, 0.15) is 11.5 Å². The van der Waals surface area contributed by atoms with Crippen LogP contribution >= 0.6 is 23.2 Å². The van der Waals surface area contributed by atoms with Crippen molar-refractivity contribution < 1.29 is 17.9 Å². The van der Waals surface area contributed by atoms with Crippen LogP contribution in [0.4, 0.5) is 0 Å². The van der Waals surface area contributed by atoms with E-state index in [0.29, 0.717) is 16.9 Å². The van der Waals surface area contributed by atoms with E-state index in [0.717, 1.165) is 5.52 Å². The van der Waals surface area contributed by atoms with Crippen LogP contribution in [0.15, 0.2) is 47.4 Å². The van der Waals surface area contributed by atoms with Crippen molar-refractivity contribution in [1.82, 2.24) is 14.7 Å². The number of hydrogen-bond acceptors (Lipinski definition) is 6. The van der Waals surface area contributed by atoms with Gasteiger partial charge in [0.25, 0.3) is 0 Å². The second-order valence-corrected chi connectivity index (χ2v) is 8.62. The van der Waals surface area contributed by atoms with Crippen molar-refractivity contribution in [3.63, 3.8) is 0 Å². The zero-order valence-electron chi connectivity index (χ0n) is 15.4. The van der Waals surface area contributed by atoms with E-state index in [1.54, 1.807) is 13.0 Å². The molecule has 10 heteroatoms. The third kappa shape index (κ3) is 5.22. The zero-order chi connectivity index (χ0) is 21.0. The molecule has 1 heterocycles. The first-order valence-corrected chi connectivity index (χ1v) is 10.8. The fraction of sp³-hybridized carbons (Fsp3) is 0.211. The van der Waals surface area contributed by atoms with Gasteiger partial charge in [-0.25, -0.2) is 23.1 Å². The van der Waals surface area contributed by atoms with Crippen molar-refractivity contribution in [3.05, 3.63) is 63.9 Å². The van der Waals surface area contributed by atoms with Crippen LogP contribution in [0.2, 0.25) is 10.0 Å². The third-order valence-electron chi connectivity index (χ3n) is 4.02. The normalized spacial score (nSPS) is 11.6. The van der Waals surface area contributed by atoms with E-state index < -0.39 is 16.0 Å². The van der Waals surface area contributed by atoms with Gasteiger partial charge in [-0.1, -0.05) is 41.4 Å². The molecule has 1 aromatic heterocycles. The van der Waals surface area contributed by atoms with Crippen molar-refractivity contribution in [1.29, 1.82) is 0 Å². The number of halogens is 2. The molecule has 0 aliphatic carbocycles. The van der Waals surface area contributed by atoms with Crippen molar-refractivity contribution >= 4 is 50.2 Å². The highest BCUT2D eigenvalue weighted by Crippen LogP contribution is 2.28. The summed E-state index contributed by atoms with van der Waals surface area (Å²) >= 11 is 11.8. The number of para-hydroxylation sites is 2. The quantitative estimate of drug-likeness (QED) is 0.548. The highest BCUT2D eigenvalue weighted by Gasteiger charge is 2.21. The number of fused-ring (bicyclic) bond motifs is 1. The lowest BCUT2D eigenvalue weighted by molar-refractivity contribution is -0.144. The summed E-state index contributed by atoms with van der Waals surface area (Å²) in [5.74, 6) is -0.577. The minimum absolute atomic E-state index is 0.00192. The molecule has 0 aliphatic heterocycles. The Kier molecular flexibility index (Phi) is 6.69. The summed E-state index contributed by atoms with van der Waals surface area (Å²) in [6.45, 7) is 1.57. The fourth-order valence-electron chi connectivity index (χ4n) is 2.58. The number of esters is 1. The number of benzene rings is 2. The minimum atomic E-state index is -3.96. The number of carbonyl (C=O) groups is 1. The fourth-order valence-corrected chi connectivity index (χ4v) is 4.75. The van der Waals surface area contributed by atoms with Crippen molar-refractivity contribution in [2.45, 2.75) is 24.8 Å². The summed E-state index contributed by atoms with van der Waals surface area (Å²) in [5.41, 5.74) is 2.66. The van der Waals surface area contributed by atoms with E-state index in [1.165, 1.54) is 12.1 Å². The van der Waals surface area contributed by atoms with Gasteiger partial charge in [0.05, 0.1) is 38.9 Å². The molecular formula is C19H17Cl2N3O4S. The van der Waals surface area contributed by atoms with E-state index in [2.05, 4.69) is 14.7 Å². The van der Waals surface area contributed by atoms with Crippen molar-refractivity contribution in [2.75, 3.05) is 6.54 Å². The summed E-state index contributed by atoms with van der Waals surface area (Å²) in [4.78, 5) is 20.6. The van der Waals surface area contributed by atoms with Crippen LogP contribution in [0.5, 0.6) is 0 Å². The number of hydrogen-bond donors (Lipinski definition) is 1. The molecule has 152 valence electrons. The smallest absolute Gasteiger partial charge is 0.307 e. The van der Waals surface area contributed by atoms with Crippen LogP contribution in [0.3, 0.4) is 0 Å². The summed E-state index contributed by atoms with van der Waals surface area (Å²) in [7, 11) is -3.96. The van der Waals surface area contributed by atoms with E-state index in [9.17, 15) is 13.2 Å². The summed E-state index contributed by atoms with van der Waals surface area (Å²) in [5, 5.41) is -0.00383. The van der Waals surface area contributed by atoms with E-state index in [1.807, 2.05) is 24.3 Å². The first kappa shape index (κ1) is 21.4. The molecule has 0 fully saturated rings. The number of nitrogens with zero attached hydrogens (tertiary/aromatic N) is 2. The molecule has 0 radical (unpaired) electrons. The molecule has 0 aliphatic rings. The Bertz CT molecular complexity index is 1150. The minimum Gasteiger partial charge on any atom is -0.459 e. The van der Waals surface area contributed by atoms with Gasteiger partial charge in [0.2, 0.25) is 10.0 Å². The van der Waals surface area contributed by atoms with Crippen LogP contribution < -0.4 is 4.72 Å². The number of rotatable bonds is 7. The maximum Gasteiger partial charge on any atom is 0.307 e. The van der Waals surface area contributed by atoms with Crippen LogP contribution in [-0.2, 0) is 26.2 Å². The van der Waals surface area contributed by atoms with Crippen LogP contribution in [-0.4, -0.2) is 30.9 Å². The molecule has 0 saturated heterocycles. The van der Waals surface area contributed by atoms with Gasteiger partial charge >= 0.3 is 5.97 Å². The van der Waals surface area contributed by atoms with Crippen molar-refractivity contribution in [3.8, 4) is 0 Å². The third-order valence-corrected chi connectivity index (χ3v) is 6.44. The van der Waals surface area contributed by atoms with Gasteiger partial charge in [-0.3, -0.25) is 4.79 Å². The highest BCUT2D eigenvalue weighted by atomic mass is 35.5. The van der Waals surface area contributed by atoms with Crippen LogP contribution in [0.25, 0.3) is 11.0 Å². The molecule has 3 rings (SSSR count). The molecule has 3 aromatic rings. The number of aryl methyl sites for hydroxylation is 1. The molecule has 0 atom stereocenters. The Balaban J connectivity index is 1.56. The SMILES string of the molecule is Cc1nc2ccccc2nc1COC(=O)CCNS(=O)(=O)c1c(Cl)cccc1Cl. The standard InChI is InChI=1S/C19H17Cl2N3O4S/c1-12-17(24-16-8-3-2-7-15(16)23-12)11-28-18(25)9-10-22-29(26,27)19-13(20)5-4-6-14(19)21/h2-8,22H,9-11H2,1H3. The zero-order valence-corrected chi connectivity index (χ0v) is 17.7. The first-order valence-electron chi connectivity index (χ1n) is 8.59. The summed E-state index contributed by atoms with van der Waals surface area (Å²) in [6.07, 6.45) is -0.165. The van der Waals surface area contributed by atoms with Gasteiger partial charge in [0.15, 0.2) is 0 Å². The molecule has 29 heavy (non-hydrogen) atoms. The van der Waals surface area contributed by atoms with Crippen molar-refractivity contribution in [2.24, 2.45) is 0 Å². The van der Waals surface area contributed by atoms with Gasteiger partial charge in [-0.05, 0) is 31.2 Å². The number of sulfonamides is 1. The van der Waals surface area contributed by atoms with E-state index in [-0.39, 0.29) is 34.5 Å². The number of ether oxygens (including phenoxy) is 1. The van der Waals surface area contributed by atoms with Gasteiger partial charge in [0, 0.05) is 6.54 Å². The lowest BCUT2D eigenvalue weighted by Gasteiger charge is -2.10. The predicted molar refractivity (Wildman–Crippen MR) is 110 cm³/mol. The van der Waals surface area contributed by atoms with Gasteiger partial charge in [-0.15, -0.1) is 0 Å². The number of aromatic nitrogens is 2. The lowest BCUT2D eigenvalue weighted by Crippen LogP contribution is -2.27. The van der Waals surface area contributed by atoms with Crippen LogP contribution in [0.1, 0.15) is 17.8 Å². The molecule has 2 aromatic carbocycles. The van der Waals surface area contributed by atoms with Crippen LogP contribution in [0, 0.1) is 6.92 Å². The molecular weight excluding hydrogens is 437 g/mol. The number of carbonyl (C=O) groups excluding carboxylic acids is 1. The topological polar surface area (TPSA) is 98.2 Å². The highest BCUT2D eigenvalue weighted by molar-refractivity contribution is 7.89. The molecule has 0 amide bonds. The van der Waals surface area contributed by atoms with Gasteiger partial charge in [-0.2, -0.15) is 0 Å². The second-order valence-electron chi connectivity index (χ2n) is 6.10. The first-order chi connectivity index (χ1) is 13.8. The van der Waals surface area contributed by atoms with E-state index >= 15 is 0 Å². The average Bonchev–Trinajstić information content (AvgIpc) is 2.66. The van der Waals surface area contributed by atoms with E-state index in [4.69, 9.17) is 27.9 Å². The Morgan fingerprint density at radius 2 is 1.66 bits per heavy atom. The Morgan fingerprint density at radius 3 is 2.31 bits per heavy atom. The maximum absolute atomic E-state index is 12.4. The Labute approximate surface area is 178 Å². The monoisotopic (exact) mass is 453 g/mol. The molecule has 7 nitrogen and oxygen atoms in total. The Hall–Kier alpha value is -2.26. The lowest BCUT2D eigenvalue weighted by atomic mass is 10.2. The molecule has 0 unspecified atom stereocenters. The summed E-state index contributed by atoms with van der Waals surface area (Å²) < 4.78 is 32.2.